The van der Waals surface area contributed by atoms with Gasteiger partial charge in [-0.2, -0.15) is 0 Å². The van der Waals surface area contributed by atoms with Crippen LogP contribution in [0.15, 0.2) is 0 Å². The Morgan fingerprint density at radius 3 is 2.28 bits per heavy atom. The van der Waals surface area contributed by atoms with Gasteiger partial charge in [0.05, 0.1) is 34.5 Å². The Hall–Kier alpha value is -1.47. The van der Waals surface area contributed by atoms with Crippen LogP contribution in [0.3, 0.4) is 0 Å². The van der Waals surface area contributed by atoms with E-state index in [0.29, 0.717) is 23.6 Å². The zero-order valence-electron chi connectivity index (χ0n) is 11.2. The van der Waals surface area contributed by atoms with Crippen LogP contribution >= 0.6 is 0 Å². The fourth-order valence-corrected chi connectivity index (χ4v) is 1.93. The highest BCUT2D eigenvalue weighted by atomic mass is 16.5. The minimum absolute atomic E-state index is 0.273. The summed E-state index contributed by atoms with van der Waals surface area (Å²) in [7, 11) is 5.14. The highest BCUT2D eigenvalue weighted by molar-refractivity contribution is 5.29. The van der Waals surface area contributed by atoms with Crippen molar-refractivity contribution in [1.82, 2.24) is 19.4 Å². The molecule has 1 fully saturated rings. The molecular weight excluding hydrogens is 236 g/mol. The van der Waals surface area contributed by atoms with Crippen LogP contribution in [0.2, 0.25) is 0 Å². The molecule has 7 nitrogen and oxygen atoms in total. The first-order valence-electron chi connectivity index (χ1n) is 5.87. The molecule has 1 aromatic rings. The number of hydrogen-bond donors (Lipinski definition) is 0. The average molecular weight is 255 g/mol. The fraction of sp³-hybridized carbons (Fsp3) is 0.727. The molecule has 0 spiro atoms. The van der Waals surface area contributed by atoms with E-state index >= 15 is 0 Å². The van der Waals surface area contributed by atoms with Crippen molar-refractivity contribution >= 4 is 5.95 Å². The summed E-state index contributed by atoms with van der Waals surface area (Å²) in [4.78, 5) is 12.7. The second kappa shape index (κ2) is 5.03. The van der Waals surface area contributed by atoms with Gasteiger partial charge < -0.3 is 14.2 Å². The van der Waals surface area contributed by atoms with Gasteiger partial charge in [-0.15, -0.1) is 15.0 Å². The van der Waals surface area contributed by atoms with Crippen molar-refractivity contribution in [3.63, 3.8) is 0 Å². The van der Waals surface area contributed by atoms with Crippen LogP contribution in [0.1, 0.15) is 6.92 Å². The van der Waals surface area contributed by atoms with Crippen LogP contribution in [-0.2, 0) is 4.74 Å². The van der Waals surface area contributed by atoms with Crippen molar-refractivity contribution in [2.24, 2.45) is 0 Å². The molecule has 0 N–H and O–H groups in total. The zero-order chi connectivity index (χ0) is 13.2. The van der Waals surface area contributed by atoms with Gasteiger partial charge in [0, 0.05) is 0 Å². The molecule has 18 heavy (non-hydrogen) atoms. The molecule has 2 unspecified atom stereocenters. The molecule has 1 aliphatic rings. The highest BCUT2D eigenvalue weighted by Gasteiger charge is 2.39. The summed E-state index contributed by atoms with van der Waals surface area (Å²) in [6.07, 6.45) is 0. The Morgan fingerprint density at radius 2 is 1.78 bits per heavy atom. The summed E-state index contributed by atoms with van der Waals surface area (Å²) < 4.78 is 16.2. The second-order valence-corrected chi connectivity index (χ2v) is 4.52. The first-order valence-corrected chi connectivity index (χ1v) is 5.87. The van der Waals surface area contributed by atoms with Crippen LogP contribution in [0.5, 0.6) is 12.0 Å². The average Bonchev–Trinajstić information content (AvgIpc) is 2.41. The third-order valence-electron chi connectivity index (χ3n) is 3.44. The monoisotopic (exact) mass is 255 g/mol. The SMILES string of the molecule is COc1nc(OC)nc([N+]2(C)CCOCC2C)n1. The molecular formula is C11H19N4O3+. The number of rotatable bonds is 3. The Morgan fingerprint density at radius 1 is 1.17 bits per heavy atom. The summed E-state index contributed by atoms with van der Waals surface area (Å²) in [5, 5.41) is 0. The Bertz CT molecular complexity index is 406. The summed E-state index contributed by atoms with van der Waals surface area (Å²) in [5.41, 5.74) is 0. The van der Waals surface area contributed by atoms with E-state index < -0.39 is 0 Å². The first-order chi connectivity index (χ1) is 8.60. The van der Waals surface area contributed by atoms with Crippen molar-refractivity contribution in [1.29, 1.82) is 0 Å². The van der Waals surface area contributed by atoms with Crippen LogP contribution in [0.25, 0.3) is 0 Å². The first kappa shape index (κ1) is 13.0. The molecule has 0 aromatic carbocycles. The molecule has 0 amide bonds. The van der Waals surface area contributed by atoms with E-state index in [1.54, 1.807) is 0 Å². The lowest BCUT2D eigenvalue weighted by molar-refractivity contribution is 0.0124. The van der Waals surface area contributed by atoms with Crippen LogP contribution in [-0.4, -0.2) is 62.0 Å². The van der Waals surface area contributed by atoms with Gasteiger partial charge in [-0.25, -0.2) is 0 Å². The van der Waals surface area contributed by atoms with Gasteiger partial charge in [-0.1, -0.05) is 0 Å². The third-order valence-corrected chi connectivity index (χ3v) is 3.44. The van der Waals surface area contributed by atoms with E-state index in [4.69, 9.17) is 14.2 Å². The van der Waals surface area contributed by atoms with Crippen molar-refractivity contribution < 1.29 is 14.2 Å². The van der Waals surface area contributed by atoms with Crippen molar-refractivity contribution in [3.8, 4) is 12.0 Å². The van der Waals surface area contributed by atoms with E-state index in [2.05, 4.69) is 28.9 Å². The Labute approximate surface area is 106 Å². The minimum Gasteiger partial charge on any atom is -0.466 e. The number of hydrogen-bond acceptors (Lipinski definition) is 6. The molecule has 1 aromatic heterocycles. The molecule has 2 heterocycles. The number of morpholine rings is 1. The number of ether oxygens (including phenoxy) is 3. The van der Waals surface area contributed by atoms with E-state index in [0.717, 1.165) is 6.54 Å². The highest BCUT2D eigenvalue weighted by Crippen LogP contribution is 2.25. The summed E-state index contributed by atoms with van der Waals surface area (Å²) in [6, 6.07) is 0.820. The third kappa shape index (κ3) is 2.23. The summed E-state index contributed by atoms with van der Waals surface area (Å²) >= 11 is 0. The van der Waals surface area contributed by atoms with Gasteiger partial charge in [0.15, 0.2) is 0 Å². The van der Waals surface area contributed by atoms with Gasteiger partial charge in [0.2, 0.25) is 0 Å². The van der Waals surface area contributed by atoms with E-state index in [1.165, 1.54) is 14.2 Å². The molecule has 1 saturated heterocycles. The van der Waals surface area contributed by atoms with E-state index in [9.17, 15) is 0 Å². The largest absolute Gasteiger partial charge is 0.466 e. The van der Waals surface area contributed by atoms with Crippen LogP contribution < -0.4 is 14.0 Å². The fourth-order valence-electron chi connectivity index (χ4n) is 1.93. The maximum Gasteiger partial charge on any atom is 0.338 e. The van der Waals surface area contributed by atoms with E-state index in [1.807, 2.05) is 0 Å². The molecule has 2 atom stereocenters. The van der Waals surface area contributed by atoms with Crippen LogP contribution in [0, 0.1) is 0 Å². The number of quaternary nitrogens is 1. The smallest absolute Gasteiger partial charge is 0.338 e. The predicted molar refractivity (Wildman–Crippen MR) is 65.8 cm³/mol. The van der Waals surface area contributed by atoms with Crippen molar-refractivity contribution in [2.45, 2.75) is 13.0 Å². The Balaban J connectivity index is 2.41. The summed E-state index contributed by atoms with van der Waals surface area (Å²) in [5.74, 6) is 0.648. The van der Waals surface area contributed by atoms with Crippen molar-refractivity contribution in [2.75, 3.05) is 41.0 Å². The lowest BCUT2D eigenvalue weighted by Gasteiger charge is -2.39. The number of likely N-dealkylation sites (N-methyl/N-ethyl adjacent to an activating group) is 1. The topological polar surface area (TPSA) is 66.4 Å². The molecule has 0 radical (unpaired) electrons. The maximum atomic E-state index is 5.46. The van der Waals surface area contributed by atoms with Crippen molar-refractivity contribution in [3.05, 3.63) is 0 Å². The minimum atomic E-state index is 0.273. The molecule has 7 heteroatoms. The normalized spacial score (nSPS) is 27.9. The standard InChI is InChI=1S/C11H19N4O3/c1-8-7-18-6-5-15(8,2)9-12-10(16-3)14-11(13-9)17-4/h8H,5-7H2,1-4H3/q+1. The molecule has 1 aliphatic heterocycles. The molecule has 100 valence electrons. The molecule has 0 saturated carbocycles. The van der Waals surface area contributed by atoms with E-state index in [-0.39, 0.29) is 18.1 Å². The molecule has 2 rings (SSSR count). The van der Waals surface area contributed by atoms with Gasteiger partial charge >= 0.3 is 18.0 Å². The lowest BCUT2D eigenvalue weighted by atomic mass is 10.2. The number of aromatic nitrogens is 3. The quantitative estimate of drug-likeness (QED) is 0.721. The Kier molecular flexibility index (Phi) is 3.63. The zero-order valence-corrected chi connectivity index (χ0v) is 11.2. The van der Waals surface area contributed by atoms with Gasteiger partial charge in [-0.3, -0.25) is 4.48 Å². The number of methoxy groups -OCH3 is 2. The van der Waals surface area contributed by atoms with Gasteiger partial charge in [-0.05, 0) is 6.92 Å². The van der Waals surface area contributed by atoms with Gasteiger partial charge in [0.25, 0.3) is 0 Å². The van der Waals surface area contributed by atoms with Crippen LogP contribution in [0.4, 0.5) is 5.95 Å². The second-order valence-electron chi connectivity index (χ2n) is 4.52. The van der Waals surface area contributed by atoms with Gasteiger partial charge in [0.1, 0.15) is 12.6 Å². The predicted octanol–water partition coefficient (Wildman–Crippen LogP) is 0.245. The summed E-state index contributed by atoms with van der Waals surface area (Å²) in [6.45, 7) is 4.31. The molecule has 0 bridgehead atoms. The maximum absolute atomic E-state index is 5.46. The molecule has 0 aliphatic carbocycles. The lowest BCUT2D eigenvalue weighted by Crippen LogP contribution is -2.60. The number of nitrogens with zero attached hydrogens (tertiary/aromatic N) is 4.